The van der Waals surface area contributed by atoms with Crippen molar-refractivity contribution < 1.29 is 4.74 Å². The highest BCUT2D eigenvalue weighted by molar-refractivity contribution is 5.33. The molecule has 2 heteroatoms. The van der Waals surface area contributed by atoms with Crippen molar-refractivity contribution in [1.82, 2.24) is 5.32 Å². The van der Waals surface area contributed by atoms with Crippen molar-refractivity contribution in [3.8, 4) is 11.5 Å². The van der Waals surface area contributed by atoms with Gasteiger partial charge in [0.2, 0.25) is 0 Å². The van der Waals surface area contributed by atoms with Crippen LogP contribution in [0.15, 0.2) is 54.6 Å². The van der Waals surface area contributed by atoms with Crippen molar-refractivity contribution in [3.05, 3.63) is 60.2 Å². The molecule has 0 fully saturated rings. The normalized spacial score (nSPS) is 10.1. The van der Waals surface area contributed by atoms with Crippen LogP contribution in [0.4, 0.5) is 0 Å². The predicted octanol–water partition coefficient (Wildman–Crippen LogP) is 3.21. The zero-order valence-corrected chi connectivity index (χ0v) is 9.26. The summed E-state index contributed by atoms with van der Waals surface area (Å²) in [6.07, 6.45) is 0. The maximum atomic E-state index is 5.72. The number of rotatable bonds is 4. The second kappa shape index (κ2) is 5.33. The summed E-state index contributed by atoms with van der Waals surface area (Å²) in [6, 6.07) is 17.8. The minimum atomic E-state index is 0.728. The Morgan fingerprint density at radius 3 is 2.44 bits per heavy atom. The molecule has 0 heterocycles. The third-order valence-corrected chi connectivity index (χ3v) is 2.22. The summed E-state index contributed by atoms with van der Waals surface area (Å²) >= 11 is 0. The van der Waals surface area contributed by atoms with Crippen LogP contribution in [0, 0.1) is 0 Å². The molecule has 1 radical (unpaired) electrons. The van der Waals surface area contributed by atoms with Gasteiger partial charge in [0.25, 0.3) is 0 Å². The zero-order chi connectivity index (χ0) is 11.2. The van der Waals surface area contributed by atoms with Crippen molar-refractivity contribution in [2.45, 2.75) is 6.54 Å². The molecular weight excluding hydrogens is 198 g/mol. The van der Waals surface area contributed by atoms with Crippen LogP contribution in [0.3, 0.4) is 0 Å². The van der Waals surface area contributed by atoms with E-state index in [4.69, 9.17) is 4.74 Å². The van der Waals surface area contributed by atoms with Crippen molar-refractivity contribution in [2.24, 2.45) is 0 Å². The summed E-state index contributed by atoms with van der Waals surface area (Å²) in [4.78, 5) is 0. The van der Waals surface area contributed by atoms with Crippen LogP contribution in [0.2, 0.25) is 0 Å². The molecule has 0 amide bonds. The maximum Gasteiger partial charge on any atom is 0.127 e. The van der Waals surface area contributed by atoms with E-state index in [2.05, 4.69) is 5.32 Å². The minimum absolute atomic E-state index is 0.728. The minimum Gasteiger partial charge on any atom is -0.457 e. The van der Waals surface area contributed by atoms with Gasteiger partial charge in [0.1, 0.15) is 11.5 Å². The number of para-hydroxylation sites is 1. The Morgan fingerprint density at radius 1 is 0.938 bits per heavy atom. The Bertz CT molecular complexity index is 439. The average molecular weight is 212 g/mol. The van der Waals surface area contributed by atoms with Gasteiger partial charge in [-0.05, 0) is 29.8 Å². The smallest absolute Gasteiger partial charge is 0.127 e. The third-order valence-electron chi connectivity index (χ3n) is 2.22. The molecule has 0 saturated carbocycles. The first-order chi connectivity index (χ1) is 7.88. The predicted molar refractivity (Wildman–Crippen MR) is 64.7 cm³/mol. The molecule has 2 aromatic rings. The second-order valence-electron chi connectivity index (χ2n) is 3.54. The van der Waals surface area contributed by atoms with Gasteiger partial charge < -0.3 is 4.74 Å². The van der Waals surface area contributed by atoms with E-state index in [9.17, 15) is 0 Å². The van der Waals surface area contributed by atoms with Gasteiger partial charge in [-0.25, -0.2) is 5.32 Å². The molecule has 0 unspecified atom stereocenters. The number of hydrogen-bond acceptors (Lipinski definition) is 1. The Morgan fingerprint density at radius 2 is 1.69 bits per heavy atom. The highest BCUT2D eigenvalue weighted by atomic mass is 16.5. The Balaban J connectivity index is 2.12. The number of benzene rings is 2. The SMILES string of the molecule is C[N]Cc1cccc(Oc2ccccc2)c1. The van der Waals surface area contributed by atoms with Crippen LogP contribution in [0.25, 0.3) is 0 Å². The topological polar surface area (TPSA) is 23.3 Å². The molecule has 2 nitrogen and oxygen atoms in total. The molecule has 81 valence electrons. The molecular formula is C14H14NO. The lowest BCUT2D eigenvalue weighted by molar-refractivity contribution is 0.481. The lowest BCUT2D eigenvalue weighted by atomic mass is 10.2. The lowest BCUT2D eigenvalue weighted by Gasteiger charge is -2.06. The van der Waals surface area contributed by atoms with Gasteiger partial charge in [-0.15, -0.1) is 0 Å². The Kier molecular flexibility index (Phi) is 3.57. The van der Waals surface area contributed by atoms with E-state index in [1.54, 1.807) is 0 Å². The van der Waals surface area contributed by atoms with E-state index in [1.165, 1.54) is 0 Å². The number of hydrogen-bond donors (Lipinski definition) is 0. The highest BCUT2D eigenvalue weighted by Crippen LogP contribution is 2.21. The molecule has 0 bridgehead atoms. The second-order valence-corrected chi connectivity index (χ2v) is 3.54. The van der Waals surface area contributed by atoms with Gasteiger partial charge in [0, 0.05) is 13.6 Å². The van der Waals surface area contributed by atoms with Crippen molar-refractivity contribution >= 4 is 0 Å². The van der Waals surface area contributed by atoms with Crippen LogP contribution in [0.1, 0.15) is 5.56 Å². The summed E-state index contributed by atoms with van der Waals surface area (Å²) in [6.45, 7) is 0.728. The van der Waals surface area contributed by atoms with Crippen LogP contribution < -0.4 is 10.1 Å². The summed E-state index contributed by atoms with van der Waals surface area (Å²) in [5.74, 6) is 1.71. The monoisotopic (exact) mass is 212 g/mol. The number of nitrogens with zero attached hydrogens (tertiary/aromatic N) is 1. The van der Waals surface area contributed by atoms with Crippen LogP contribution >= 0.6 is 0 Å². The average Bonchev–Trinajstić information content (AvgIpc) is 2.31. The molecule has 0 spiro atoms. The number of ether oxygens (including phenoxy) is 1. The molecule has 2 aromatic carbocycles. The van der Waals surface area contributed by atoms with E-state index >= 15 is 0 Å². The maximum absolute atomic E-state index is 5.72. The molecule has 0 atom stereocenters. The standard InChI is InChI=1S/C14H14NO/c1-15-11-12-6-5-9-14(10-12)16-13-7-3-2-4-8-13/h2-10H,11H2,1H3. The van der Waals surface area contributed by atoms with E-state index in [1.807, 2.05) is 61.6 Å². The van der Waals surface area contributed by atoms with Gasteiger partial charge in [0.15, 0.2) is 0 Å². The fourth-order valence-electron chi connectivity index (χ4n) is 1.51. The quantitative estimate of drug-likeness (QED) is 0.763. The fourth-order valence-corrected chi connectivity index (χ4v) is 1.51. The zero-order valence-electron chi connectivity index (χ0n) is 9.26. The van der Waals surface area contributed by atoms with E-state index in [-0.39, 0.29) is 0 Å². The van der Waals surface area contributed by atoms with Gasteiger partial charge in [-0.1, -0.05) is 30.3 Å². The van der Waals surface area contributed by atoms with Crippen molar-refractivity contribution in [1.29, 1.82) is 0 Å². The first-order valence-corrected chi connectivity index (χ1v) is 5.26. The Labute approximate surface area is 95.9 Å². The summed E-state index contributed by atoms with van der Waals surface area (Å²) in [7, 11) is 1.81. The van der Waals surface area contributed by atoms with Gasteiger partial charge in [0.05, 0.1) is 0 Å². The third kappa shape index (κ3) is 2.84. The first-order valence-electron chi connectivity index (χ1n) is 5.26. The van der Waals surface area contributed by atoms with E-state index in [0.717, 1.165) is 23.6 Å². The Hall–Kier alpha value is -1.80. The summed E-state index contributed by atoms with van der Waals surface area (Å²) < 4.78 is 5.72. The van der Waals surface area contributed by atoms with E-state index in [0.29, 0.717) is 0 Å². The van der Waals surface area contributed by atoms with Crippen molar-refractivity contribution in [3.63, 3.8) is 0 Å². The van der Waals surface area contributed by atoms with Crippen LogP contribution in [-0.4, -0.2) is 7.05 Å². The van der Waals surface area contributed by atoms with Crippen LogP contribution in [-0.2, 0) is 6.54 Å². The largest absolute Gasteiger partial charge is 0.457 e. The highest BCUT2D eigenvalue weighted by Gasteiger charge is 1.98. The molecule has 0 aliphatic heterocycles. The summed E-state index contributed by atoms with van der Waals surface area (Å²) in [5.41, 5.74) is 1.16. The molecule has 16 heavy (non-hydrogen) atoms. The molecule has 0 aliphatic rings. The van der Waals surface area contributed by atoms with Gasteiger partial charge >= 0.3 is 0 Å². The molecule has 0 saturated heterocycles. The molecule has 0 aliphatic carbocycles. The lowest BCUT2D eigenvalue weighted by Crippen LogP contribution is -1.96. The van der Waals surface area contributed by atoms with E-state index < -0.39 is 0 Å². The molecule has 0 aromatic heterocycles. The van der Waals surface area contributed by atoms with Gasteiger partial charge in [-0.3, -0.25) is 0 Å². The first kappa shape index (κ1) is 10.7. The fraction of sp³-hybridized carbons (Fsp3) is 0.143. The van der Waals surface area contributed by atoms with Crippen LogP contribution in [0.5, 0.6) is 11.5 Å². The van der Waals surface area contributed by atoms with Gasteiger partial charge in [-0.2, -0.15) is 0 Å². The van der Waals surface area contributed by atoms with Crippen molar-refractivity contribution in [2.75, 3.05) is 7.05 Å². The summed E-state index contributed by atoms with van der Waals surface area (Å²) in [5, 5.41) is 4.10. The molecule has 0 N–H and O–H groups in total. The molecule has 2 rings (SSSR count).